The second kappa shape index (κ2) is 5.67. The minimum Gasteiger partial charge on any atom is -0.379 e. The topological polar surface area (TPSA) is 37.4 Å². The Morgan fingerprint density at radius 2 is 2.47 bits per heavy atom. The zero-order valence-electron chi connectivity index (χ0n) is 10.2. The third-order valence-electron chi connectivity index (χ3n) is 3.10. The van der Waals surface area contributed by atoms with E-state index in [2.05, 4.69) is 22.2 Å². The van der Waals surface area contributed by atoms with Gasteiger partial charge in [-0.05, 0) is 25.1 Å². The van der Waals surface area contributed by atoms with Crippen LogP contribution in [0.4, 0.5) is 5.82 Å². The lowest BCUT2D eigenvalue weighted by Crippen LogP contribution is -2.32. The molecule has 1 aliphatic rings. The van der Waals surface area contributed by atoms with Gasteiger partial charge in [0, 0.05) is 26.4 Å². The van der Waals surface area contributed by atoms with Gasteiger partial charge < -0.3 is 15.0 Å². The van der Waals surface area contributed by atoms with Crippen LogP contribution in [0.15, 0.2) is 12.3 Å². The molecule has 1 N–H and O–H groups in total. The Morgan fingerprint density at radius 3 is 3.12 bits per heavy atom. The van der Waals surface area contributed by atoms with Gasteiger partial charge in [0.1, 0.15) is 5.82 Å². The monoisotopic (exact) mass is 255 g/mol. The third kappa shape index (κ3) is 2.89. The van der Waals surface area contributed by atoms with Crippen molar-refractivity contribution in [1.82, 2.24) is 10.3 Å². The van der Waals surface area contributed by atoms with Crippen molar-refractivity contribution in [1.29, 1.82) is 0 Å². The summed E-state index contributed by atoms with van der Waals surface area (Å²) in [6, 6.07) is 2.46. The van der Waals surface area contributed by atoms with E-state index in [1.165, 1.54) is 0 Å². The van der Waals surface area contributed by atoms with Gasteiger partial charge in [-0.2, -0.15) is 0 Å². The third-order valence-corrected chi connectivity index (χ3v) is 3.44. The molecular weight excluding hydrogens is 238 g/mol. The van der Waals surface area contributed by atoms with Crippen LogP contribution in [-0.4, -0.2) is 38.3 Å². The molecule has 1 fully saturated rings. The molecule has 0 radical (unpaired) electrons. The first-order valence-corrected chi connectivity index (χ1v) is 6.19. The van der Waals surface area contributed by atoms with Gasteiger partial charge in [-0.25, -0.2) is 4.98 Å². The van der Waals surface area contributed by atoms with Crippen molar-refractivity contribution in [2.24, 2.45) is 0 Å². The molecule has 1 atom stereocenters. The number of pyridine rings is 1. The quantitative estimate of drug-likeness (QED) is 0.888. The molecule has 1 saturated heterocycles. The molecule has 1 aromatic heterocycles. The summed E-state index contributed by atoms with van der Waals surface area (Å²) in [6.45, 7) is 2.37. The van der Waals surface area contributed by atoms with Crippen molar-refractivity contribution in [3.63, 3.8) is 0 Å². The molecule has 94 valence electrons. The number of anilines is 1. The zero-order valence-corrected chi connectivity index (χ0v) is 11.0. The summed E-state index contributed by atoms with van der Waals surface area (Å²) in [4.78, 5) is 6.55. The van der Waals surface area contributed by atoms with E-state index in [0.717, 1.165) is 37.6 Å². The van der Waals surface area contributed by atoms with Gasteiger partial charge in [0.2, 0.25) is 0 Å². The molecule has 0 saturated carbocycles. The first kappa shape index (κ1) is 12.6. The number of hydrogen-bond donors (Lipinski definition) is 1. The molecule has 0 aliphatic carbocycles. The Bertz CT molecular complexity index is 380. The fourth-order valence-corrected chi connectivity index (χ4v) is 2.17. The summed E-state index contributed by atoms with van der Waals surface area (Å²) in [7, 11) is 3.96. The van der Waals surface area contributed by atoms with E-state index in [-0.39, 0.29) is 0 Å². The predicted molar refractivity (Wildman–Crippen MR) is 69.6 cm³/mol. The van der Waals surface area contributed by atoms with Crippen molar-refractivity contribution in [2.75, 3.05) is 32.2 Å². The SMILES string of the molecule is CNCc1cc(N(C)C2CCOC2)ncc1Cl. The molecule has 2 heterocycles. The molecule has 5 heteroatoms. The number of halogens is 1. The molecule has 0 spiro atoms. The maximum Gasteiger partial charge on any atom is 0.128 e. The molecular formula is C12H18ClN3O. The largest absolute Gasteiger partial charge is 0.379 e. The van der Waals surface area contributed by atoms with Crippen molar-refractivity contribution < 1.29 is 4.74 Å². The first-order chi connectivity index (χ1) is 8.22. The summed E-state index contributed by atoms with van der Waals surface area (Å²) < 4.78 is 5.39. The highest BCUT2D eigenvalue weighted by atomic mass is 35.5. The molecule has 1 unspecified atom stereocenters. The van der Waals surface area contributed by atoms with Crippen LogP contribution < -0.4 is 10.2 Å². The number of nitrogens with one attached hydrogen (secondary N) is 1. The molecule has 0 bridgehead atoms. The van der Waals surface area contributed by atoms with Gasteiger partial charge in [-0.15, -0.1) is 0 Å². The molecule has 1 aromatic rings. The minimum atomic E-state index is 0.422. The Balaban J connectivity index is 2.16. The molecule has 2 rings (SSSR count). The number of nitrogens with zero attached hydrogens (tertiary/aromatic N) is 2. The summed E-state index contributed by atoms with van der Waals surface area (Å²) >= 11 is 6.09. The summed E-state index contributed by atoms with van der Waals surface area (Å²) in [5.74, 6) is 0.954. The van der Waals surface area contributed by atoms with Crippen LogP contribution in [0.25, 0.3) is 0 Å². The Morgan fingerprint density at radius 1 is 1.65 bits per heavy atom. The van der Waals surface area contributed by atoms with E-state index < -0.39 is 0 Å². The van der Waals surface area contributed by atoms with Crippen LogP contribution >= 0.6 is 11.6 Å². The van der Waals surface area contributed by atoms with Crippen LogP contribution in [0.3, 0.4) is 0 Å². The average molecular weight is 256 g/mol. The van der Waals surface area contributed by atoms with Crippen molar-refractivity contribution >= 4 is 17.4 Å². The summed E-state index contributed by atoms with van der Waals surface area (Å²) in [5, 5.41) is 3.81. The zero-order chi connectivity index (χ0) is 12.3. The standard InChI is InChI=1S/C12H18ClN3O/c1-14-6-9-5-12(15-7-11(9)13)16(2)10-3-4-17-8-10/h5,7,10,14H,3-4,6,8H2,1-2H3. The molecule has 1 aliphatic heterocycles. The van der Waals surface area contributed by atoms with Crippen molar-refractivity contribution in [2.45, 2.75) is 19.0 Å². The average Bonchev–Trinajstić information content (AvgIpc) is 2.85. The second-order valence-corrected chi connectivity index (χ2v) is 4.70. The number of likely N-dealkylation sites (N-methyl/N-ethyl adjacent to an activating group) is 1. The highest BCUT2D eigenvalue weighted by Crippen LogP contribution is 2.23. The van der Waals surface area contributed by atoms with Gasteiger partial charge in [0.25, 0.3) is 0 Å². The van der Waals surface area contributed by atoms with Gasteiger partial charge in [-0.3, -0.25) is 0 Å². The van der Waals surface area contributed by atoms with E-state index in [0.29, 0.717) is 11.1 Å². The summed E-state index contributed by atoms with van der Waals surface area (Å²) in [6.07, 6.45) is 2.78. The minimum absolute atomic E-state index is 0.422. The molecule has 17 heavy (non-hydrogen) atoms. The van der Waals surface area contributed by atoms with Gasteiger partial charge in [-0.1, -0.05) is 11.6 Å². The van der Waals surface area contributed by atoms with Crippen LogP contribution in [0.1, 0.15) is 12.0 Å². The maximum absolute atomic E-state index is 6.09. The Hall–Kier alpha value is -0.840. The normalized spacial score (nSPS) is 19.6. The van der Waals surface area contributed by atoms with E-state index in [9.17, 15) is 0 Å². The lowest BCUT2D eigenvalue weighted by molar-refractivity contribution is 0.193. The predicted octanol–water partition coefficient (Wildman–Crippen LogP) is 1.68. The van der Waals surface area contributed by atoms with E-state index in [1.807, 2.05) is 13.1 Å². The Labute approximate surface area is 107 Å². The molecule has 4 nitrogen and oxygen atoms in total. The van der Waals surface area contributed by atoms with E-state index >= 15 is 0 Å². The van der Waals surface area contributed by atoms with Gasteiger partial charge in [0.05, 0.1) is 17.7 Å². The van der Waals surface area contributed by atoms with Crippen LogP contribution in [0, 0.1) is 0 Å². The summed E-state index contributed by atoms with van der Waals surface area (Å²) in [5.41, 5.74) is 1.07. The number of rotatable bonds is 4. The van der Waals surface area contributed by atoms with Crippen molar-refractivity contribution in [3.8, 4) is 0 Å². The number of ether oxygens (including phenoxy) is 1. The number of hydrogen-bond acceptors (Lipinski definition) is 4. The smallest absolute Gasteiger partial charge is 0.128 e. The van der Waals surface area contributed by atoms with Gasteiger partial charge >= 0.3 is 0 Å². The fourth-order valence-electron chi connectivity index (χ4n) is 2.00. The number of aromatic nitrogens is 1. The van der Waals surface area contributed by atoms with E-state index in [4.69, 9.17) is 16.3 Å². The van der Waals surface area contributed by atoms with Crippen molar-refractivity contribution in [3.05, 3.63) is 22.8 Å². The lowest BCUT2D eigenvalue weighted by Gasteiger charge is -2.24. The van der Waals surface area contributed by atoms with Crippen LogP contribution in [0.2, 0.25) is 5.02 Å². The van der Waals surface area contributed by atoms with E-state index in [1.54, 1.807) is 6.20 Å². The van der Waals surface area contributed by atoms with Crippen LogP contribution in [0.5, 0.6) is 0 Å². The highest BCUT2D eigenvalue weighted by molar-refractivity contribution is 6.31. The lowest BCUT2D eigenvalue weighted by atomic mass is 10.2. The first-order valence-electron chi connectivity index (χ1n) is 5.82. The van der Waals surface area contributed by atoms with Crippen LogP contribution in [-0.2, 0) is 11.3 Å². The second-order valence-electron chi connectivity index (χ2n) is 4.29. The van der Waals surface area contributed by atoms with Gasteiger partial charge in [0.15, 0.2) is 0 Å². The fraction of sp³-hybridized carbons (Fsp3) is 0.583. The molecule has 0 aromatic carbocycles. The Kier molecular flexibility index (Phi) is 4.20. The molecule has 0 amide bonds. The highest BCUT2D eigenvalue weighted by Gasteiger charge is 2.21. The maximum atomic E-state index is 6.09.